The minimum atomic E-state index is -0.555. The first-order chi connectivity index (χ1) is 9.12. The second-order valence-electron chi connectivity index (χ2n) is 6.66. The van der Waals surface area contributed by atoms with Gasteiger partial charge in [0.05, 0.1) is 0 Å². The van der Waals surface area contributed by atoms with Crippen LogP contribution in [0.5, 0.6) is 0 Å². The molecule has 3 aliphatic rings. The van der Waals surface area contributed by atoms with Crippen LogP contribution in [0.1, 0.15) is 64.7 Å². The van der Waals surface area contributed by atoms with Crippen molar-refractivity contribution in [2.24, 2.45) is 5.92 Å². The minimum absolute atomic E-state index is 0.0660. The van der Waals surface area contributed by atoms with Gasteiger partial charge in [-0.05, 0) is 44.4 Å². The van der Waals surface area contributed by atoms with Gasteiger partial charge in [-0.3, -0.25) is 9.69 Å². The fourth-order valence-electron chi connectivity index (χ4n) is 3.91. The quantitative estimate of drug-likeness (QED) is 0.740. The van der Waals surface area contributed by atoms with Gasteiger partial charge in [-0.1, -0.05) is 26.2 Å². The van der Waals surface area contributed by atoms with Crippen molar-refractivity contribution < 1.29 is 9.59 Å². The molecule has 19 heavy (non-hydrogen) atoms. The van der Waals surface area contributed by atoms with Crippen molar-refractivity contribution in [3.63, 3.8) is 0 Å². The zero-order chi connectivity index (χ0) is 13.5. The molecule has 106 valence electrons. The van der Waals surface area contributed by atoms with Gasteiger partial charge in [0.1, 0.15) is 5.54 Å². The topological polar surface area (TPSA) is 49.4 Å². The number of amides is 3. The maximum Gasteiger partial charge on any atom is 0.325 e. The normalized spacial score (nSPS) is 36.9. The summed E-state index contributed by atoms with van der Waals surface area (Å²) in [7, 11) is 0. The number of carbonyl (C=O) groups is 2. The van der Waals surface area contributed by atoms with Crippen molar-refractivity contribution in [1.82, 2.24) is 10.2 Å². The van der Waals surface area contributed by atoms with Gasteiger partial charge in [0.15, 0.2) is 0 Å². The average Bonchev–Trinajstić information content (AvgIpc) is 2.66. The Morgan fingerprint density at radius 1 is 1.05 bits per heavy atom. The van der Waals surface area contributed by atoms with Crippen molar-refractivity contribution in [3.8, 4) is 0 Å². The van der Waals surface area contributed by atoms with Crippen LogP contribution in [-0.4, -0.2) is 28.4 Å². The molecule has 0 atom stereocenters. The van der Waals surface area contributed by atoms with Gasteiger partial charge < -0.3 is 5.32 Å². The smallest absolute Gasteiger partial charge is 0.323 e. The number of hydrogen-bond donors (Lipinski definition) is 1. The van der Waals surface area contributed by atoms with Crippen LogP contribution in [0, 0.1) is 5.92 Å². The van der Waals surface area contributed by atoms with Crippen LogP contribution < -0.4 is 5.32 Å². The predicted octanol–water partition coefficient (Wildman–Crippen LogP) is 2.82. The summed E-state index contributed by atoms with van der Waals surface area (Å²) in [5, 5.41) is 3.02. The molecule has 4 nitrogen and oxygen atoms in total. The number of nitrogens with one attached hydrogen (secondary N) is 1. The Hall–Kier alpha value is -1.06. The van der Waals surface area contributed by atoms with E-state index in [1.54, 1.807) is 4.90 Å². The van der Waals surface area contributed by atoms with Crippen LogP contribution in [0.2, 0.25) is 0 Å². The lowest BCUT2D eigenvalue weighted by Gasteiger charge is -2.35. The van der Waals surface area contributed by atoms with E-state index in [4.69, 9.17) is 0 Å². The van der Waals surface area contributed by atoms with E-state index in [9.17, 15) is 9.59 Å². The maximum absolute atomic E-state index is 12.7. The predicted molar refractivity (Wildman–Crippen MR) is 72.6 cm³/mol. The molecule has 4 heteroatoms. The molecule has 1 N–H and O–H groups in total. The number of rotatable bonds is 1. The van der Waals surface area contributed by atoms with Gasteiger partial charge in [-0.15, -0.1) is 0 Å². The molecule has 3 rings (SSSR count). The van der Waals surface area contributed by atoms with Crippen LogP contribution in [0.15, 0.2) is 0 Å². The molecule has 1 heterocycles. The van der Waals surface area contributed by atoms with Crippen molar-refractivity contribution in [3.05, 3.63) is 0 Å². The molecular weight excluding hydrogens is 240 g/mol. The molecule has 0 aromatic carbocycles. The lowest BCUT2D eigenvalue weighted by atomic mass is 9.77. The number of nitrogens with zero attached hydrogens (tertiary/aromatic N) is 1. The Kier molecular flexibility index (Phi) is 3.27. The van der Waals surface area contributed by atoms with E-state index in [-0.39, 0.29) is 18.0 Å². The monoisotopic (exact) mass is 264 g/mol. The third-order valence-corrected chi connectivity index (χ3v) is 5.26. The molecule has 0 bridgehead atoms. The molecule has 3 amide bonds. The summed E-state index contributed by atoms with van der Waals surface area (Å²) in [4.78, 5) is 26.5. The first-order valence-corrected chi connectivity index (χ1v) is 7.78. The van der Waals surface area contributed by atoms with E-state index in [1.807, 2.05) is 0 Å². The molecule has 1 saturated heterocycles. The Morgan fingerprint density at radius 2 is 1.68 bits per heavy atom. The van der Waals surface area contributed by atoms with E-state index in [0.29, 0.717) is 5.92 Å². The summed E-state index contributed by atoms with van der Waals surface area (Å²) < 4.78 is 0. The van der Waals surface area contributed by atoms with Gasteiger partial charge in [0, 0.05) is 6.04 Å². The van der Waals surface area contributed by atoms with Crippen molar-refractivity contribution in [2.75, 3.05) is 0 Å². The Balaban J connectivity index is 1.77. The summed E-state index contributed by atoms with van der Waals surface area (Å²) >= 11 is 0. The molecule has 1 spiro atoms. The zero-order valence-electron chi connectivity index (χ0n) is 11.8. The largest absolute Gasteiger partial charge is 0.325 e. The van der Waals surface area contributed by atoms with Gasteiger partial charge in [-0.25, -0.2) is 4.79 Å². The van der Waals surface area contributed by atoms with E-state index in [2.05, 4.69) is 12.2 Å². The fraction of sp³-hybridized carbons (Fsp3) is 0.867. The van der Waals surface area contributed by atoms with Gasteiger partial charge in [-0.2, -0.15) is 0 Å². The first-order valence-electron chi connectivity index (χ1n) is 7.78. The molecule has 3 fully saturated rings. The van der Waals surface area contributed by atoms with Crippen molar-refractivity contribution >= 4 is 11.9 Å². The summed E-state index contributed by atoms with van der Waals surface area (Å²) in [6, 6.07) is 0.0198. The van der Waals surface area contributed by atoms with Crippen LogP contribution in [0.25, 0.3) is 0 Å². The second-order valence-corrected chi connectivity index (χ2v) is 6.66. The highest BCUT2D eigenvalue weighted by Crippen LogP contribution is 2.38. The molecular formula is C15H24N2O2. The number of carbonyl (C=O) groups excluding carboxylic acids is 2. The molecule has 0 radical (unpaired) electrons. The lowest BCUT2D eigenvalue weighted by Crippen LogP contribution is -2.50. The number of hydrogen-bond acceptors (Lipinski definition) is 2. The highest BCUT2D eigenvalue weighted by Gasteiger charge is 2.53. The van der Waals surface area contributed by atoms with E-state index in [1.165, 1.54) is 6.42 Å². The van der Waals surface area contributed by atoms with Crippen LogP contribution in [-0.2, 0) is 4.79 Å². The van der Waals surface area contributed by atoms with Gasteiger partial charge in [0.2, 0.25) is 0 Å². The summed E-state index contributed by atoms with van der Waals surface area (Å²) in [6.07, 6.45) is 9.25. The summed E-state index contributed by atoms with van der Waals surface area (Å²) in [6.45, 7) is 2.23. The molecule has 2 aliphatic carbocycles. The fourth-order valence-corrected chi connectivity index (χ4v) is 3.91. The van der Waals surface area contributed by atoms with Crippen LogP contribution >= 0.6 is 0 Å². The van der Waals surface area contributed by atoms with Gasteiger partial charge in [0.25, 0.3) is 5.91 Å². The Bertz CT molecular complexity index is 380. The Labute approximate surface area is 114 Å². The highest BCUT2D eigenvalue weighted by molar-refractivity contribution is 6.07. The molecule has 1 aliphatic heterocycles. The molecule has 2 saturated carbocycles. The van der Waals surface area contributed by atoms with E-state index in [0.717, 1.165) is 51.4 Å². The number of imide groups is 1. The SMILES string of the molecule is CC1CCC2(CC1)NC(=O)N(C1CCCCC1)C2=O. The maximum atomic E-state index is 12.7. The third kappa shape index (κ3) is 2.15. The zero-order valence-corrected chi connectivity index (χ0v) is 11.8. The van der Waals surface area contributed by atoms with Crippen LogP contribution in [0.3, 0.4) is 0 Å². The molecule has 0 unspecified atom stereocenters. The van der Waals surface area contributed by atoms with Crippen molar-refractivity contribution in [2.45, 2.75) is 76.3 Å². The van der Waals surface area contributed by atoms with Gasteiger partial charge >= 0.3 is 6.03 Å². The first kappa shape index (κ1) is 12.9. The minimum Gasteiger partial charge on any atom is -0.323 e. The molecule has 0 aromatic heterocycles. The van der Waals surface area contributed by atoms with E-state index < -0.39 is 5.54 Å². The third-order valence-electron chi connectivity index (χ3n) is 5.26. The standard InChI is InChI=1S/C15H24N2O2/c1-11-7-9-15(10-8-11)13(18)17(14(19)16-15)12-5-3-2-4-6-12/h11-12H,2-10H2,1H3,(H,16,19). The van der Waals surface area contributed by atoms with Crippen molar-refractivity contribution in [1.29, 1.82) is 0 Å². The summed E-state index contributed by atoms with van der Waals surface area (Å²) in [5.41, 5.74) is -0.555. The second kappa shape index (κ2) is 4.80. The highest BCUT2D eigenvalue weighted by atomic mass is 16.2. The number of urea groups is 1. The van der Waals surface area contributed by atoms with E-state index >= 15 is 0 Å². The lowest BCUT2D eigenvalue weighted by molar-refractivity contribution is -0.134. The van der Waals surface area contributed by atoms with Crippen LogP contribution in [0.4, 0.5) is 4.79 Å². The average molecular weight is 264 g/mol. The Morgan fingerprint density at radius 3 is 2.32 bits per heavy atom. The summed E-state index contributed by atoms with van der Waals surface area (Å²) in [5.74, 6) is 0.746. The molecule has 0 aromatic rings.